The first-order chi connectivity index (χ1) is 12.1. The second-order valence-corrected chi connectivity index (χ2v) is 7.42. The average Bonchev–Trinajstić information content (AvgIpc) is 3.23. The summed E-state index contributed by atoms with van der Waals surface area (Å²) in [6.45, 7) is 3.34. The number of hydrogen-bond donors (Lipinski definition) is 1. The number of nitrogens with one attached hydrogen (secondary N) is 1. The summed E-state index contributed by atoms with van der Waals surface area (Å²) in [5.74, 6) is 1.21. The average molecular weight is 338 g/mol. The van der Waals surface area contributed by atoms with E-state index in [1.165, 1.54) is 12.8 Å². The molecule has 2 fully saturated rings. The Bertz CT molecular complexity index is 931. The zero-order valence-electron chi connectivity index (χ0n) is 14.5. The molecule has 7 nitrogen and oxygen atoms in total. The molecule has 3 aromatic heterocycles. The van der Waals surface area contributed by atoms with E-state index < -0.39 is 0 Å². The SMILES string of the molecule is Cn1cc(-c2cn3nccc3c(OC3(C)C[C@H]4NCCC[C@H]43)n2)cn1. The van der Waals surface area contributed by atoms with Gasteiger partial charge < -0.3 is 10.1 Å². The highest BCUT2D eigenvalue weighted by Gasteiger charge is 2.53. The van der Waals surface area contributed by atoms with Crippen LogP contribution >= 0.6 is 0 Å². The summed E-state index contributed by atoms with van der Waals surface area (Å²) in [4.78, 5) is 4.80. The third-order valence-electron chi connectivity index (χ3n) is 5.68. The molecule has 1 unspecified atom stereocenters. The first kappa shape index (κ1) is 14.9. The van der Waals surface area contributed by atoms with Crippen LogP contribution in [0.2, 0.25) is 0 Å². The number of nitrogens with zero attached hydrogens (tertiary/aromatic N) is 5. The molecule has 1 N–H and O–H groups in total. The molecule has 0 bridgehead atoms. The molecule has 7 heteroatoms. The zero-order chi connectivity index (χ0) is 17.0. The van der Waals surface area contributed by atoms with Gasteiger partial charge in [0.2, 0.25) is 5.88 Å². The third kappa shape index (κ3) is 2.33. The van der Waals surface area contributed by atoms with E-state index in [0.29, 0.717) is 17.8 Å². The number of aromatic nitrogens is 5. The van der Waals surface area contributed by atoms with E-state index in [2.05, 4.69) is 22.4 Å². The molecule has 3 atom stereocenters. The molecule has 1 aliphatic heterocycles. The molecule has 1 aliphatic carbocycles. The summed E-state index contributed by atoms with van der Waals surface area (Å²) in [5, 5.41) is 12.2. The summed E-state index contributed by atoms with van der Waals surface area (Å²) in [7, 11) is 1.90. The lowest BCUT2D eigenvalue weighted by molar-refractivity contribution is -0.0972. The van der Waals surface area contributed by atoms with Gasteiger partial charge >= 0.3 is 0 Å². The first-order valence-electron chi connectivity index (χ1n) is 8.88. The first-order valence-corrected chi connectivity index (χ1v) is 8.88. The topological polar surface area (TPSA) is 69.3 Å². The van der Waals surface area contributed by atoms with E-state index >= 15 is 0 Å². The van der Waals surface area contributed by atoms with E-state index in [-0.39, 0.29) is 5.60 Å². The van der Waals surface area contributed by atoms with Gasteiger partial charge in [0, 0.05) is 37.2 Å². The Balaban J connectivity index is 1.53. The molecule has 130 valence electrons. The predicted octanol–water partition coefficient (Wildman–Crippen LogP) is 2.04. The van der Waals surface area contributed by atoms with Crippen molar-refractivity contribution >= 4 is 5.52 Å². The number of fused-ring (bicyclic) bond motifs is 2. The van der Waals surface area contributed by atoms with Crippen molar-refractivity contribution in [1.29, 1.82) is 0 Å². The lowest BCUT2D eigenvalue weighted by Crippen LogP contribution is -2.65. The molecule has 1 saturated heterocycles. The van der Waals surface area contributed by atoms with E-state index in [1.807, 2.05) is 36.2 Å². The van der Waals surface area contributed by atoms with Crippen molar-refractivity contribution < 1.29 is 4.74 Å². The minimum Gasteiger partial charge on any atom is -0.469 e. The summed E-state index contributed by atoms with van der Waals surface area (Å²) in [6.07, 6.45) is 10.9. The van der Waals surface area contributed by atoms with Gasteiger partial charge in [0.25, 0.3) is 0 Å². The van der Waals surface area contributed by atoms with Crippen molar-refractivity contribution in [3.63, 3.8) is 0 Å². The molecule has 3 aromatic rings. The van der Waals surface area contributed by atoms with E-state index in [0.717, 1.165) is 29.7 Å². The summed E-state index contributed by atoms with van der Waals surface area (Å²) < 4.78 is 10.1. The van der Waals surface area contributed by atoms with Gasteiger partial charge in [-0.15, -0.1) is 0 Å². The molecule has 0 amide bonds. The molecule has 25 heavy (non-hydrogen) atoms. The zero-order valence-corrected chi connectivity index (χ0v) is 14.5. The molecule has 0 aromatic carbocycles. The highest BCUT2D eigenvalue weighted by Crippen LogP contribution is 2.46. The Morgan fingerprint density at radius 3 is 3.04 bits per heavy atom. The second kappa shape index (κ2) is 5.29. The lowest BCUT2D eigenvalue weighted by Gasteiger charge is -2.55. The van der Waals surface area contributed by atoms with Crippen LogP contribution in [0.3, 0.4) is 0 Å². The number of ether oxygens (including phenoxy) is 1. The number of hydrogen-bond acceptors (Lipinski definition) is 5. The summed E-state index contributed by atoms with van der Waals surface area (Å²) >= 11 is 0. The fourth-order valence-corrected chi connectivity index (χ4v) is 4.33. The van der Waals surface area contributed by atoms with Crippen LogP contribution in [-0.4, -0.2) is 42.6 Å². The van der Waals surface area contributed by atoms with Crippen molar-refractivity contribution in [3.05, 3.63) is 30.9 Å². The fourth-order valence-electron chi connectivity index (χ4n) is 4.33. The molecule has 0 spiro atoms. The van der Waals surface area contributed by atoms with Gasteiger partial charge in [0.05, 0.1) is 24.3 Å². The van der Waals surface area contributed by atoms with Crippen molar-refractivity contribution in [1.82, 2.24) is 29.7 Å². The molecular weight excluding hydrogens is 316 g/mol. The van der Waals surface area contributed by atoms with Crippen LogP contribution in [0.1, 0.15) is 26.2 Å². The van der Waals surface area contributed by atoms with Crippen molar-refractivity contribution in [2.45, 2.75) is 37.8 Å². The Morgan fingerprint density at radius 1 is 1.32 bits per heavy atom. The van der Waals surface area contributed by atoms with Crippen LogP contribution in [0, 0.1) is 5.92 Å². The van der Waals surface area contributed by atoms with Crippen LogP contribution in [0.4, 0.5) is 0 Å². The Labute approximate surface area is 146 Å². The number of aryl methyl sites for hydroxylation is 1. The minimum atomic E-state index is -0.163. The largest absolute Gasteiger partial charge is 0.469 e. The molecule has 0 radical (unpaired) electrons. The van der Waals surface area contributed by atoms with Gasteiger partial charge in [-0.1, -0.05) is 0 Å². The predicted molar refractivity (Wildman–Crippen MR) is 93.4 cm³/mol. The van der Waals surface area contributed by atoms with Gasteiger partial charge in [0.15, 0.2) is 0 Å². The van der Waals surface area contributed by atoms with Gasteiger partial charge in [-0.05, 0) is 32.4 Å². The summed E-state index contributed by atoms with van der Waals surface area (Å²) in [5.41, 5.74) is 2.52. The monoisotopic (exact) mass is 338 g/mol. The minimum absolute atomic E-state index is 0.163. The number of piperidine rings is 1. The normalized spacial score (nSPS) is 28.6. The van der Waals surface area contributed by atoms with Crippen molar-refractivity contribution in [3.8, 4) is 17.1 Å². The maximum atomic E-state index is 6.51. The van der Waals surface area contributed by atoms with Crippen LogP contribution in [0.5, 0.6) is 5.88 Å². The second-order valence-electron chi connectivity index (χ2n) is 7.42. The van der Waals surface area contributed by atoms with E-state index in [1.54, 1.807) is 10.9 Å². The maximum absolute atomic E-state index is 6.51. The van der Waals surface area contributed by atoms with Crippen LogP contribution in [0.15, 0.2) is 30.9 Å². The quantitative estimate of drug-likeness (QED) is 0.791. The Morgan fingerprint density at radius 2 is 2.24 bits per heavy atom. The molecule has 2 aliphatic rings. The molecular formula is C18H22N6O. The van der Waals surface area contributed by atoms with Crippen LogP contribution < -0.4 is 10.1 Å². The Kier molecular flexibility index (Phi) is 3.15. The highest BCUT2D eigenvalue weighted by atomic mass is 16.5. The van der Waals surface area contributed by atoms with Gasteiger partial charge in [-0.3, -0.25) is 4.68 Å². The maximum Gasteiger partial charge on any atom is 0.241 e. The fraction of sp³-hybridized carbons (Fsp3) is 0.500. The van der Waals surface area contributed by atoms with Gasteiger partial charge in [0.1, 0.15) is 11.1 Å². The van der Waals surface area contributed by atoms with Gasteiger partial charge in [-0.2, -0.15) is 10.2 Å². The highest BCUT2D eigenvalue weighted by molar-refractivity contribution is 5.63. The van der Waals surface area contributed by atoms with Crippen molar-refractivity contribution in [2.24, 2.45) is 13.0 Å². The van der Waals surface area contributed by atoms with Crippen molar-refractivity contribution in [2.75, 3.05) is 6.54 Å². The standard InChI is InChI=1S/C18H22N6O/c1-18(8-14-13(18)4-3-6-19-14)25-17-16-5-7-20-24(16)11-15(22-17)12-9-21-23(2)10-12/h5,7,9-11,13-14,19H,3-4,6,8H2,1-2H3/t13-,14-,18?/m1/s1. The smallest absolute Gasteiger partial charge is 0.241 e. The molecule has 1 saturated carbocycles. The third-order valence-corrected chi connectivity index (χ3v) is 5.68. The number of rotatable bonds is 3. The van der Waals surface area contributed by atoms with Crippen LogP contribution in [0.25, 0.3) is 16.8 Å². The molecule has 5 rings (SSSR count). The van der Waals surface area contributed by atoms with E-state index in [4.69, 9.17) is 9.72 Å². The Hall–Kier alpha value is -2.41. The van der Waals surface area contributed by atoms with Crippen LogP contribution in [-0.2, 0) is 7.05 Å². The lowest BCUT2D eigenvalue weighted by atomic mass is 9.63. The molecule has 4 heterocycles. The summed E-state index contributed by atoms with van der Waals surface area (Å²) in [6, 6.07) is 2.54. The van der Waals surface area contributed by atoms with E-state index in [9.17, 15) is 0 Å². The van der Waals surface area contributed by atoms with Gasteiger partial charge in [-0.25, -0.2) is 9.50 Å².